The van der Waals surface area contributed by atoms with Gasteiger partial charge >= 0.3 is 0 Å². The average Bonchev–Trinajstić information content (AvgIpc) is 3.23. The molecule has 0 saturated carbocycles. The molecule has 3 rings (SSSR count). The van der Waals surface area contributed by atoms with Crippen LogP contribution in [0.4, 0.5) is 0 Å². The lowest BCUT2D eigenvalue weighted by atomic mass is 10.1. The predicted octanol–water partition coefficient (Wildman–Crippen LogP) is 2.39. The Morgan fingerprint density at radius 2 is 2.10 bits per heavy atom. The lowest BCUT2D eigenvalue weighted by Gasteiger charge is -2.22. The molecular weight excluding hydrogens is 394 g/mol. The van der Waals surface area contributed by atoms with Crippen molar-refractivity contribution < 1.29 is 14.3 Å². The number of hydrogen-bond acceptors (Lipinski definition) is 6. The fraction of sp³-hybridized carbons (Fsp3) is 0.550. The number of carbonyl (C=O) groups excluding carboxylic acids is 1. The zero-order chi connectivity index (χ0) is 19.8. The van der Waals surface area contributed by atoms with E-state index in [1.165, 1.54) is 0 Å². The first kappa shape index (κ1) is 23.0. The molecule has 9 heteroatoms. The Balaban J connectivity index is 0.00000300. The molecule has 0 bridgehead atoms. The van der Waals surface area contributed by atoms with Crippen LogP contribution in [0, 0.1) is 0 Å². The summed E-state index contributed by atoms with van der Waals surface area (Å²) in [5.74, 6) is 1.31. The molecule has 0 spiro atoms. The minimum Gasteiger partial charge on any atom is -0.493 e. The number of piperidine rings is 1. The van der Waals surface area contributed by atoms with Gasteiger partial charge in [0.15, 0.2) is 17.2 Å². The maximum absolute atomic E-state index is 12.3. The summed E-state index contributed by atoms with van der Waals surface area (Å²) in [5.41, 5.74) is 1.52. The maximum atomic E-state index is 12.3. The molecule has 1 aromatic carbocycles. The molecular formula is C20H30ClN5O3. The first-order valence-corrected chi connectivity index (χ1v) is 9.91. The number of nitrogens with one attached hydrogen (secondary N) is 2. The lowest BCUT2D eigenvalue weighted by molar-refractivity contribution is 0.0948. The highest BCUT2D eigenvalue weighted by Crippen LogP contribution is 2.28. The van der Waals surface area contributed by atoms with Crippen LogP contribution in [0.3, 0.4) is 0 Å². The van der Waals surface area contributed by atoms with E-state index in [0.717, 1.165) is 55.8 Å². The second-order valence-electron chi connectivity index (χ2n) is 6.84. The van der Waals surface area contributed by atoms with Gasteiger partial charge in [-0.05, 0) is 63.4 Å². The zero-order valence-corrected chi connectivity index (χ0v) is 17.8. The van der Waals surface area contributed by atoms with Crippen molar-refractivity contribution in [3.63, 3.8) is 0 Å². The van der Waals surface area contributed by atoms with Gasteiger partial charge in [0, 0.05) is 6.54 Å². The maximum Gasteiger partial charge on any atom is 0.273 e. The number of rotatable bonds is 9. The summed E-state index contributed by atoms with van der Waals surface area (Å²) in [5, 5.41) is 14.4. The highest BCUT2D eigenvalue weighted by atomic mass is 35.5. The van der Waals surface area contributed by atoms with E-state index >= 15 is 0 Å². The fourth-order valence-electron chi connectivity index (χ4n) is 3.36. The SMILES string of the molecule is CCOc1cc(CCCNC(=O)c2cn(C3CCNCC3)nn2)ccc1OC.Cl. The molecule has 8 nitrogen and oxygen atoms in total. The summed E-state index contributed by atoms with van der Waals surface area (Å²) in [6.07, 6.45) is 5.44. The molecule has 29 heavy (non-hydrogen) atoms. The Bertz CT molecular complexity index is 777. The van der Waals surface area contributed by atoms with Crippen LogP contribution in [0.1, 0.15) is 48.3 Å². The van der Waals surface area contributed by atoms with Crippen molar-refractivity contribution in [3.05, 3.63) is 35.7 Å². The highest BCUT2D eigenvalue weighted by Gasteiger charge is 2.18. The third kappa shape index (κ3) is 6.33. The average molecular weight is 424 g/mol. The number of hydrogen-bond donors (Lipinski definition) is 2. The van der Waals surface area contributed by atoms with E-state index in [1.54, 1.807) is 13.3 Å². The van der Waals surface area contributed by atoms with Crippen molar-refractivity contribution in [2.75, 3.05) is 33.4 Å². The molecule has 0 aliphatic carbocycles. The number of aryl methyl sites for hydroxylation is 1. The van der Waals surface area contributed by atoms with Crippen LogP contribution in [-0.2, 0) is 6.42 Å². The molecule has 2 aromatic rings. The van der Waals surface area contributed by atoms with E-state index < -0.39 is 0 Å². The van der Waals surface area contributed by atoms with Crippen molar-refractivity contribution in [2.45, 2.75) is 38.6 Å². The van der Waals surface area contributed by atoms with Crippen LogP contribution < -0.4 is 20.1 Å². The quantitative estimate of drug-likeness (QED) is 0.602. The summed E-state index contributed by atoms with van der Waals surface area (Å²) in [4.78, 5) is 12.3. The first-order valence-electron chi connectivity index (χ1n) is 9.91. The minimum absolute atomic E-state index is 0. The molecule has 0 radical (unpaired) electrons. The molecule has 160 valence electrons. The molecule has 0 unspecified atom stereocenters. The molecule has 1 aliphatic heterocycles. The van der Waals surface area contributed by atoms with Gasteiger partial charge in [-0.25, -0.2) is 4.68 Å². The molecule has 2 heterocycles. The topological polar surface area (TPSA) is 90.3 Å². The van der Waals surface area contributed by atoms with Gasteiger partial charge in [0.1, 0.15) is 0 Å². The van der Waals surface area contributed by atoms with E-state index in [1.807, 2.05) is 29.8 Å². The Morgan fingerprint density at radius 1 is 1.31 bits per heavy atom. The number of aromatic nitrogens is 3. The van der Waals surface area contributed by atoms with Crippen molar-refractivity contribution >= 4 is 18.3 Å². The standard InChI is InChI=1S/C20H29N5O3.ClH/c1-3-28-19-13-15(6-7-18(19)27-2)5-4-10-22-20(26)17-14-25(24-23-17)16-8-11-21-12-9-16;/h6-7,13-14,16,21H,3-5,8-12H2,1-2H3,(H,22,26);1H. The van der Waals surface area contributed by atoms with Crippen LogP contribution in [0.15, 0.2) is 24.4 Å². The zero-order valence-electron chi connectivity index (χ0n) is 17.0. The largest absolute Gasteiger partial charge is 0.493 e. The Morgan fingerprint density at radius 3 is 2.83 bits per heavy atom. The summed E-state index contributed by atoms with van der Waals surface area (Å²) < 4.78 is 12.7. The molecule has 1 saturated heterocycles. The van der Waals surface area contributed by atoms with Crippen LogP contribution in [0.2, 0.25) is 0 Å². The third-order valence-electron chi connectivity index (χ3n) is 4.88. The second kappa shape index (κ2) is 11.6. The van der Waals surface area contributed by atoms with Gasteiger partial charge in [-0.3, -0.25) is 4.79 Å². The van der Waals surface area contributed by atoms with Gasteiger partial charge in [-0.15, -0.1) is 17.5 Å². The molecule has 1 amide bonds. The van der Waals surface area contributed by atoms with E-state index in [-0.39, 0.29) is 18.3 Å². The summed E-state index contributed by atoms with van der Waals surface area (Å²) in [6, 6.07) is 6.26. The Labute approximate surface area is 177 Å². The molecule has 1 fully saturated rings. The Kier molecular flexibility index (Phi) is 9.21. The first-order chi connectivity index (χ1) is 13.7. The third-order valence-corrected chi connectivity index (χ3v) is 4.88. The molecule has 0 atom stereocenters. The second-order valence-corrected chi connectivity index (χ2v) is 6.84. The van der Waals surface area contributed by atoms with Crippen molar-refractivity contribution in [2.24, 2.45) is 0 Å². The predicted molar refractivity (Wildman–Crippen MR) is 113 cm³/mol. The van der Waals surface area contributed by atoms with Gasteiger partial charge in [0.05, 0.1) is 26.0 Å². The minimum atomic E-state index is -0.176. The summed E-state index contributed by atoms with van der Waals surface area (Å²) in [7, 11) is 1.63. The van der Waals surface area contributed by atoms with E-state index in [9.17, 15) is 4.79 Å². The van der Waals surface area contributed by atoms with E-state index in [2.05, 4.69) is 20.9 Å². The number of amides is 1. The monoisotopic (exact) mass is 423 g/mol. The number of benzene rings is 1. The number of halogens is 1. The molecule has 1 aromatic heterocycles. The number of methoxy groups -OCH3 is 1. The number of ether oxygens (including phenoxy) is 2. The van der Waals surface area contributed by atoms with Gasteiger partial charge in [-0.1, -0.05) is 11.3 Å². The van der Waals surface area contributed by atoms with E-state index in [0.29, 0.717) is 24.9 Å². The number of nitrogens with zero attached hydrogens (tertiary/aromatic N) is 3. The molecule has 2 N–H and O–H groups in total. The van der Waals surface area contributed by atoms with Gasteiger partial charge in [0.25, 0.3) is 5.91 Å². The van der Waals surface area contributed by atoms with E-state index in [4.69, 9.17) is 9.47 Å². The van der Waals surface area contributed by atoms with Crippen molar-refractivity contribution in [1.82, 2.24) is 25.6 Å². The van der Waals surface area contributed by atoms with Crippen molar-refractivity contribution in [1.29, 1.82) is 0 Å². The van der Waals surface area contributed by atoms with Gasteiger partial charge in [0.2, 0.25) is 0 Å². The van der Waals surface area contributed by atoms with Crippen LogP contribution in [0.5, 0.6) is 11.5 Å². The fourth-order valence-corrected chi connectivity index (χ4v) is 3.36. The molecule has 1 aliphatic rings. The normalized spacial score (nSPS) is 14.1. The highest BCUT2D eigenvalue weighted by molar-refractivity contribution is 5.91. The Hall–Kier alpha value is -2.32. The van der Waals surface area contributed by atoms with Crippen molar-refractivity contribution in [3.8, 4) is 11.5 Å². The summed E-state index contributed by atoms with van der Waals surface area (Å²) in [6.45, 7) is 5.07. The van der Waals surface area contributed by atoms with Crippen LogP contribution in [-0.4, -0.2) is 54.3 Å². The summed E-state index contributed by atoms with van der Waals surface area (Å²) >= 11 is 0. The van der Waals surface area contributed by atoms with Crippen LogP contribution >= 0.6 is 12.4 Å². The van der Waals surface area contributed by atoms with Crippen LogP contribution in [0.25, 0.3) is 0 Å². The van der Waals surface area contributed by atoms with Gasteiger partial charge in [-0.2, -0.15) is 0 Å². The lowest BCUT2D eigenvalue weighted by Crippen LogP contribution is -2.29. The smallest absolute Gasteiger partial charge is 0.273 e. The van der Waals surface area contributed by atoms with Gasteiger partial charge < -0.3 is 20.1 Å². The number of carbonyl (C=O) groups is 1.